The highest BCUT2D eigenvalue weighted by Crippen LogP contribution is 2.36. The summed E-state index contributed by atoms with van der Waals surface area (Å²) in [5, 5.41) is 27.9. The van der Waals surface area contributed by atoms with Gasteiger partial charge in [-0.3, -0.25) is 4.99 Å². The zero-order valence-electron chi connectivity index (χ0n) is 23.9. The molecule has 3 atom stereocenters. The molecule has 2 heterocycles. The van der Waals surface area contributed by atoms with E-state index in [0.717, 1.165) is 45.2 Å². The third kappa shape index (κ3) is 8.42. The number of aliphatic hydroxyl groups is 2. The summed E-state index contributed by atoms with van der Waals surface area (Å²) in [7, 11) is 0. The fraction of sp³-hybridized carbons (Fsp3) is 0.467. The number of rotatable bonds is 14. The molecule has 0 bridgehead atoms. The lowest BCUT2D eigenvalue weighted by atomic mass is 10.0. The molecule has 0 spiro atoms. The van der Waals surface area contributed by atoms with Crippen LogP contribution in [0.5, 0.6) is 0 Å². The van der Waals surface area contributed by atoms with Crippen molar-refractivity contribution >= 4 is 35.4 Å². The number of aromatic nitrogens is 3. The number of hydrogen-bond acceptors (Lipinski definition) is 9. The fourth-order valence-corrected chi connectivity index (χ4v) is 5.15. The highest BCUT2D eigenvalue weighted by Gasteiger charge is 2.22. The molecule has 9 heteroatoms. The zero-order chi connectivity index (χ0) is 28.4. The van der Waals surface area contributed by atoms with Gasteiger partial charge in [-0.15, -0.1) is 11.3 Å². The maximum absolute atomic E-state index is 10.7. The van der Waals surface area contributed by atoms with Gasteiger partial charge in [0, 0.05) is 31.5 Å². The third-order valence-corrected chi connectivity index (χ3v) is 7.82. The fourth-order valence-electron chi connectivity index (χ4n) is 4.09. The van der Waals surface area contributed by atoms with Gasteiger partial charge in [0.1, 0.15) is 10.8 Å². The van der Waals surface area contributed by atoms with Crippen LogP contribution in [-0.4, -0.2) is 50.6 Å². The van der Waals surface area contributed by atoms with E-state index >= 15 is 0 Å². The lowest BCUT2D eigenvalue weighted by Gasteiger charge is -2.22. The van der Waals surface area contributed by atoms with Crippen molar-refractivity contribution < 1.29 is 10.2 Å². The lowest BCUT2D eigenvalue weighted by Crippen LogP contribution is -2.30. The van der Waals surface area contributed by atoms with Gasteiger partial charge in [0.15, 0.2) is 0 Å². The smallest absolute Gasteiger partial charge is 0.225 e. The summed E-state index contributed by atoms with van der Waals surface area (Å²) in [4.78, 5) is 19.8. The minimum atomic E-state index is -0.719. The van der Waals surface area contributed by atoms with Gasteiger partial charge in [0.05, 0.1) is 34.0 Å². The van der Waals surface area contributed by atoms with E-state index in [9.17, 15) is 10.2 Å². The molecule has 39 heavy (non-hydrogen) atoms. The van der Waals surface area contributed by atoms with Crippen molar-refractivity contribution in [1.82, 2.24) is 15.0 Å². The van der Waals surface area contributed by atoms with E-state index in [1.807, 2.05) is 33.1 Å². The number of nitrogens with zero attached hydrogens (tertiary/aromatic N) is 4. The largest absolute Gasteiger partial charge is 0.396 e. The Labute approximate surface area is 236 Å². The van der Waals surface area contributed by atoms with Gasteiger partial charge in [-0.05, 0) is 52.2 Å². The average Bonchev–Trinajstić information content (AvgIpc) is 3.27. The first kappa shape index (κ1) is 30.4. The number of nitrogens with one attached hydrogen (secondary N) is 2. The van der Waals surface area contributed by atoms with Crippen LogP contribution in [0.4, 0.5) is 11.8 Å². The van der Waals surface area contributed by atoms with Gasteiger partial charge in [-0.2, -0.15) is 4.98 Å². The summed E-state index contributed by atoms with van der Waals surface area (Å²) >= 11 is 1.56. The van der Waals surface area contributed by atoms with Crippen LogP contribution >= 0.6 is 11.3 Å². The second kappa shape index (κ2) is 14.9. The van der Waals surface area contributed by atoms with Crippen molar-refractivity contribution in [3.05, 3.63) is 57.9 Å². The molecule has 0 aliphatic carbocycles. The summed E-state index contributed by atoms with van der Waals surface area (Å²) in [6.07, 6.45) is 7.67. The van der Waals surface area contributed by atoms with E-state index in [4.69, 9.17) is 15.0 Å². The maximum atomic E-state index is 10.7. The normalized spacial score (nSPS) is 14.2. The van der Waals surface area contributed by atoms with Gasteiger partial charge in [0.25, 0.3) is 0 Å². The van der Waals surface area contributed by atoms with Crippen LogP contribution in [0.3, 0.4) is 0 Å². The quantitative estimate of drug-likeness (QED) is 0.173. The van der Waals surface area contributed by atoms with Crippen LogP contribution in [0.1, 0.15) is 73.5 Å². The molecule has 0 radical (unpaired) electrons. The number of hydrogen-bond donors (Lipinski definition) is 4. The van der Waals surface area contributed by atoms with E-state index in [1.54, 1.807) is 17.5 Å². The van der Waals surface area contributed by atoms with Crippen molar-refractivity contribution in [3.8, 4) is 10.6 Å². The van der Waals surface area contributed by atoms with Crippen molar-refractivity contribution in [2.24, 2.45) is 10.9 Å². The summed E-state index contributed by atoms with van der Waals surface area (Å²) < 4.78 is 0. The van der Waals surface area contributed by atoms with Crippen LogP contribution in [0, 0.1) is 26.7 Å². The Morgan fingerprint density at radius 2 is 1.79 bits per heavy atom. The Morgan fingerprint density at radius 1 is 1.05 bits per heavy atom. The van der Waals surface area contributed by atoms with E-state index in [0.29, 0.717) is 18.2 Å². The van der Waals surface area contributed by atoms with Crippen LogP contribution in [0.25, 0.3) is 16.6 Å². The molecular weight excluding hydrogens is 508 g/mol. The monoisotopic (exact) mass is 550 g/mol. The maximum Gasteiger partial charge on any atom is 0.225 e. The van der Waals surface area contributed by atoms with Gasteiger partial charge in [-0.1, -0.05) is 50.1 Å². The van der Waals surface area contributed by atoms with Gasteiger partial charge in [-0.25, -0.2) is 9.97 Å². The first-order valence-corrected chi connectivity index (χ1v) is 14.5. The van der Waals surface area contributed by atoms with Crippen LogP contribution in [0.15, 0.2) is 35.5 Å². The standard InChI is InChI=1S/C30H42N6O2S/c1-7-9-15-31-16-14-26-21(5)33-29(39-26)27-22(6)35-30(34-20(4)24-12-10-19(3)11-13-24)36-28(27)32-17-25(38)23(8-2)18-37/h10-16,20,23,25,37-38H,7-9,17-18H2,1-6H3,(H2,32,34,35,36)/b16-14-,31-15?/t20-,23?,25+/m1/s1. The highest BCUT2D eigenvalue weighted by atomic mass is 32.1. The number of unbranched alkanes of at least 4 members (excludes halogenated alkanes) is 1. The summed E-state index contributed by atoms with van der Waals surface area (Å²) in [5.41, 5.74) is 4.83. The average molecular weight is 551 g/mol. The second-order valence-corrected chi connectivity index (χ2v) is 10.9. The molecular formula is C30H42N6O2S. The minimum Gasteiger partial charge on any atom is -0.396 e. The number of thiazole rings is 1. The molecule has 0 aliphatic rings. The van der Waals surface area contributed by atoms with E-state index in [-0.39, 0.29) is 25.1 Å². The topological polar surface area (TPSA) is 116 Å². The Kier molecular flexibility index (Phi) is 11.6. The predicted molar refractivity (Wildman–Crippen MR) is 164 cm³/mol. The molecule has 0 amide bonds. The summed E-state index contributed by atoms with van der Waals surface area (Å²) in [5.74, 6) is 0.877. The van der Waals surface area contributed by atoms with Crippen molar-refractivity contribution in [1.29, 1.82) is 0 Å². The van der Waals surface area contributed by atoms with E-state index in [2.05, 4.69) is 60.7 Å². The SMILES string of the molecule is CCCC=N/C=C\c1sc(-c2c(C)nc(N[C@H](C)c3ccc(C)cc3)nc2NC[C@H](O)C(CC)CO)nc1C. The first-order valence-electron chi connectivity index (χ1n) is 13.7. The molecule has 3 aromatic rings. The molecule has 1 aromatic carbocycles. The molecule has 4 N–H and O–H groups in total. The van der Waals surface area contributed by atoms with Crippen LogP contribution in [0.2, 0.25) is 0 Å². The third-order valence-electron chi connectivity index (χ3n) is 6.68. The molecule has 0 saturated heterocycles. The molecule has 3 rings (SSSR count). The van der Waals surface area contributed by atoms with Crippen molar-refractivity contribution in [3.63, 3.8) is 0 Å². The number of aliphatic imine (C=N–C) groups is 1. The van der Waals surface area contributed by atoms with Gasteiger partial charge >= 0.3 is 0 Å². The van der Waals surface area contributed by atoms with Gasteiger partial charge in [0.2, 0.25) is 5.95 Å². The number of benzene rings is 1. The highest BCUT2D eigenvalue weighted by molar-refractivity contribution is 7.16. The van der Waals surface area contributed by atoms with Gasteiger partial charge < -0.3 is 20.8 Å². The van der Waals surface area contributed by atoms with Crippen LogP contribution < -0.4 is 10.6 Å². The van der Waals surface area contributed by atoms with Crippen molar-refractivity contribution in [2.45, 2.75) is 73.0 Å². The number of aliphatic hydroxyl groups excluding tert-OH is 2. The van der Waals surface area contributed by atoms with Crippen molar-refractivity contribution in [2.75, 3.05) is 23.8 Å². The van der Waals surface area contributed by atoms with E-state index in [1.165, 1.54) is 5.56 Å². The molecule has 2 aromatic heterocycles. The minimum absolute atomic E-state index is 0.000242. The zero-order valence-corrected chi connectivity index (χ0v) is 24.7. The Balaban J connectivity index is 1.95. The Bertz CT molecular complexity index is 1250. The molecule has 1 unspecified atom stereocenters. The Morgan fingerprint density at radius 3 is 2.46 bits per heavy atom. The second-order valence-electron chi connectivity index (χ2n) is 9.84. The summed E-state index contributed by atoms with van der Waals surface area (Å²) in [6.45, 7) is 12.3. The summed E-state index contributed by atoms with van der Waals surface area (Å²) in [6, 6.07) is 8.38. The Hall–Kier alpha value is -3.14. The predicted octanol–water partition coefficient (Wildman–Crippen LogP) is 6.33. The molecule has 0 saturated carbocycles. The van der Waals surface area contributed by atoms with Crippen LogP contribution in [-0.2, 0) is 0 Å². The molecule has 0 fully saturated rings. The number of aryl methyl sites for hydroxylation is 3. The molecule has 210 valence electrons. The van der Waals surface area contributed by atoms with E-state index < -0.39 is 6.10 Å². The lowest BCUT2D eigenvalue weighted by molar-refractivity contribution is 0.0742. The number of anilines is 2. The first-order chi connectivity index (χ1) is 18.8. The molecule has 0 aliphatic heterocycles. The molecule has 8 nitrogen and oxygen atoms in total.